The topological polar surface area (TPSA) is 75.3 Å². The van der Waals surface area contributed by atoms with E-state index in [1.54, 1.807) is 0 Å². The smallest absolute Gasteiger partial charge is 0.221 e. The largest absolute Gasteiger partial charge is 0.356 e. The molecule has 0 aromatic carbocycles. The average Bonchev–Trinajstić information content (AvgIpc) is 2.46. The minimum Gasteiger partial charge on any atom is -0.356 e. The molecule has 0 aromatic heterocycles. The Kier molecular flexibility index (Phi) is 4.53. The Morgan fingerprint density at radius 3 is 2.73 bits per heavy atom. The molecule has 1 fully saturated rings. The summed E-state index contributed by atoms with van der Waals surface area (Å²) in [6, 6.07) is 0.0319. The van der Waals surface area contributed by atoms with Gasteiger partial charge in [0.05, 0.1) is 11.5 Å². The lowest BCUT2D eigenvalue weighted by Crippen LogP contribution is -2.34. The van der Waals surface area contributed by atoms with E-state index in [2.05, 4.69) is 10.6 Å². The fourth-order valence-corrected chi connectivity index (χ4v) is 3.34. The van der Waals surface area contributed by atoms with Crippen molar-refractivity contribution in [2.24, 2.45) is 0 Å². The fourth-order valence-electron chi connectivity index (χ4n) is 1.63. The molecule has 0 bridgehead atoms. The Hall–Kier alpha value is -0.620. The van der Waals surface area contributed by atoms with Crippen molar-refractivity contribution in [1.29, 1.82) is 0 Å². The maximum absolute atomic E-state index is 11.1. The highest BCUT2D eigenvalue weighted by Crippen LogP contribution is 2.10. The predicted octanol–water partition coefficient (Wildman–Crippen LogP) is -0.711. The first-order valence-electron chi connectivity index (χ1n) is 5.24. The van der Waals surface area contributed by atoms with E-state index < -0.39 is 9.84 Å². The molecule has 0 radical (unpaired) electrons. The molecule has 88 valence electrons. The van der Waals surface area contributed by atoms with Crippen LogP contribution in [0.25, 0.3) is 0 Å². The highest BCUT2D eigenvalue weighted by molar-refractivity contribution is 7.91. The number of nitrogens with one attached hydrogen (secondary N) is 2. The normalized spacial score (nSPS) is 23.9. The van der Waals surface area contributed by atoms with Crippen molar-refractivity contribution in [1.82, 2.24) is 10.6 Å². The van der Waals surface area contributed by atoms with Crippen molar-refractivity contribution in [2.75, 3.05) is 24.6 Å². The molecular weight excluding hydrogens is 216 g/mol. The Labute approximate surface area is 90.5 Å². The highest BCUT2D eigenvalue weighted by atomic mass is 32.2. The Balaban J connectivity index is 2.14. The number of hydrogen-bond donors (Lipinski definition) is 2. The number of carbonyl (C=O) groups is 1. The monoisotopic (exact) mass is 234 g/mol. The summed E-state index contributed by atoms with van der Waals surface area (Å²) in [4.78, 5) is 11.1. The molecule has 0 aromatic rings. The van der Waals surface area contributed by atoms with Gasteiger partial charge >= 0.3 is 0 Å². The van der Waals surface area contributed by atoms with Gasteiger partial charge in [-0.2, -0.15) is 0 Å². The van der Waals surface area contributed by atoms with E-state index in [1.807, 2.05) is 6.92 Å². The number of hydrogen-bond acceptors (Lipinski definition) is 4. The first kappa shape index (κ1) is 12.4. The number of rotatable bonds is 5. The Morgan fingerprint density at radius 2 is 2.20 bits per heavy atom. The molecule has 5 nitrogen and oxygen atoms in total. The number of amides is 1. The molecule has 2 N–H and O–H groups in total. The Morgan fingerprint density at radius 1 is 1.47 bits per heavy atom. The summed E-state index contributed by atoms with van der Waals surface area (Å²) < 4.78 is 22.2. The van der Waals surface area contributed by atoms with E-state index in [4.69, 9.17) is 0 Å². The summed E-state index contributed by atoms with van der Waals surface area (Å²) in [7, 11) is -2.82. The standard InChI is InChI=1S/C9H18N2O3S/c1-2-10-9(12)3-5-11-8-4-6-15(13,14)7-8/h8,11H,2-7H2,1H3,(H,10,12). The minimum atomic E-state index is -2.82. The van der Waals surface area contributed by atoms with Gasteiger partial charge in [-0.05, 0) is 13.3 Å². The Bertz CT molecular complexity index is 313. The highest BCUT2D eigenvalue weighted by Gasteiger charge is 2.27. The molecule has 1 rings (SSSR count). The lowest BCUT2D eigenvalue weighted by atomic mass is 10.2. The summed E-state index contributed by atoms with van der Waals surface area (Å²) in [6.07, 6.45) is 1.07. The van der Waals surface area contributed by atoms with Crippen LogP contribution in [0.3, 0.4) is 0 Å². The SMILES string of the molecule is CCNC(=O)CCNC1CCS(=O)(=O)C1. The van der Waals surface area contributed by atoms with Crippen molar-refractivity contribution in [3.63, 3.8) is 0 Å². The quantitative estimate of drug-likeness (QED) is 0.659. The van der Waals surface area contributed by atoms with Crippen molar-refractivity contribution in [2.45, 2.75) is 25.8 Å². The van der Waals surface area contributed by atoms with Crippen molar-refractivity contribution in [3.8, 4) is 0 Å². The van der Waals surface area contributed by atoms with Crippen molar-refractivity contribution in [3.05, 3.63) is 0 Å². The molecule has 15 heavy (non-hydrogen) atoms. The van der Waals surface area contributed by atoms with E-state index in [9.17, 15) is 13.2 Å². The molecule has 1 aliphatic heterocycles. The van der Waals surface area contributed by atoms with Crippen LogP contribution in [0.4, 0.5) is 0 Å². The van der Waals surface area contributed by atoms with Crippen LogP contribution in [0.5, 0.6) is 0 Å². The number of carbonyl (C=O) groups excluding carboxylic acids is 1. The van der Waals surface area contributed by atoms with Crippen LogP contribution in [0, 0.1) is 0 Å². The molecule has 1 atom stereocenters. The zero-order chi connectivity index (χ0) is 11.3. The number of sulfone groups is 1. The van der Waals surface area contributed by atoms with Crippen molar-refractivity contribution < 1.29 is 13.2 Å². The van der Waals surface area contributed by atoms with Crippen LogP contribution in [-0.2, 0) is 14.6 Å². The summed E-state index contributed by atoms with van der Waals surface area (Å²) >= 11 is 0. The maximum atomic E-state index is 11.1. The van der Waals surface area contributed by atoms with E-state index in [-0.39, 0.29) is 23.5 Å². The molecule has 6 heteroatoms. The third kappa shape index (κ3) is 4.61. The van der Waals surface area contributed by atoms with Crippen LogP contribution in [0.15, 0.2) is 0 Å². The molecule has 0 spiro atoms. The minimum absolute atomic E-state index is 0.00542. The first-order chi connectivity index (χ1) is 7.03. The molecule has 1 unspecified atom stereocenters. The zero-order valence-electron chi connectivity index (χ0n) is 8.95. The summed E-state index contributed by atoms with van der Waals surface area (Å²) in [5.41, 5.74) is 0. The summed E-state index contributed by atoms with van der Waals surface area (Å²) in [5.74, 6) is 0.486. The molecule has 1 amide bonds. The summed E-state index contributed by atoms with van der Waals surface area (Å²) in [6.45, 7) is 3.05. The van der Waals surface area contributed by atoms with Crippen LogP contribution in [-0.4, -0.2) is 45.0 Å². The molecule has 1 aliphatic rings. The van der Waals surface area contributed by atoms with Gasteiger partial charge in [0.1, 0.15) is 0 Å². The van der Waals surface area contributed by atoms with Crippen LogP contribution >= 0.6 is 0 Å². The lowest BCUT2D eigenvalue weighted by Gasteiger charge is -2.09. The summed E-state index contributed by atoms with van der Waals surface area (Å²) in [5, 5.41) is 5.78. The van der Waals surface area contributed by atoms with Crippen LogP contribution in [0.1, 0.15) is 19.8 Å². The first-order valence-corrected chi connectivity index (χ1v) is 7.06. The second-order valence-corrected chi connectivity index (χ2v) is 5.99. The predicted molar refractivity (Wildman–Crippen MR) is 58.4 cm³/mol. The molecule has 0 saturated carbocycles. The average molecular weight is 234 g/mol. The van der Waals surface area contributed by atoms with Gasteiger partial charge < -0.3 is 10.6 Å². The van der Waals surface area contributed by atoms with Gasteiger partial charge in [0.15, 0.2) is 9.84 Å². The molecular formula is C9H18N2O3S. The van der Waals surface area contributed by atoms with Crippen molar-refractivity contribution >= 4 is 15.7 Å². The third-order valence-corrected chi connectivity index (χ3v) is 4.16. The van der Waals surface area contributed by atoms with E-state index in [0.717, 1.165) is 0 Å². The van der Waals surface area contributed by atoms with Gasteiger partial charge in [0.2, 0.25) is 5.91 Å². The molecule has 1 saturated heterocycles. The van der Waals surface area contributed by atoms with Crippen LogP contribution in [0.2, 0.25) is 0 Å². The third-order valence-electron chi connectivity index (χ3n) is 2.39. The van der Waals surface area contributed by atoms with E-state index in [1.165, 1.54) is 0 Å². The zero-order valence-corrected chi connectivity index (χ0v) is 9.77. The van der Waals surface area contributed by atoms with Gasteiger partial charge in [-0.25, -0.2) is 8.42 Å². The van der Waals surface area contributed by atoms with Gasteiger partial charge in [-0.15, -0.1) is 0 Å². The fraction of sp³-hybridized carbons (Fsp3) is 0.889. The van der Waals surface area contributed by atoms with Gasteiger partial charge in [-0.1, -0.05) is 0 Å². The second-order valence-electron chi connectivity index (χ2n) is 3.76. The second kappa shape index (κ2) is 5.46. The van der Waals surface area contributed by atoms with Gasteiger partial charge in [0, 0.05) is 25.6 Å². The van der Waals surface area contributed by atoms with Gasteiger partial charge in [-0.3, -0.25) is 4.79 Å². The van der Waals surface area contributed by atoms with Gasteiger partial charge in [0.25, 0.3) is 0 Å². The molecule has 0 aliphatic carbocycles. The maximum Gasteiger partial charge on any atom is 0.221 e. The molecule has 1 heterocycles. The van der Waals surface area contributed by atoms with E-state index >= 15 is 0 Å². The van der Waals surface area contributed by atoms with E-state index in [0.29, 0.717) is 25.9 Å². The lowest BCUT2D eigenvalue weighted by molar-refractivity contribution is -0.120. The van der Waals surface area contributed by atoms with Crippen LogP contribution < -0.4 is 10.6 Å².